The molecular formula is C35H33ClFN3O4. The third kappa shape index (κ3) is 7.54. The molecule has 0 amide bonds. The van der Waals surface area contributed by atoms with E-state index in [2.05, 4.69) is 9.88 Å². The second kappa shape index (κ2) is 14.8. The van der Waals surface area contributed by atoms with Gasteiger partial charge in [0.2, 0.25) is 0 Å². The predicted molar refractivity (Wildman–Crippen MR) is 167 cm³/mol. The van der Waals surface area contributed by atoms with Crippen LogP contribution in [0, 0.1) is 24.1 Å². The summed E-state index contributed by atoms with van der Waals surface area (Å²) < 4.78 is 33.4. The van der Waals surface area contributed by atoms with Crippen LogP contribution in [0.2, 0.25) is 5.02 Å². The van der Waals surface area contributed by atoms with Gasteiger partial charge in [0.15, 0.2) is 17.9 Å². The van der Waals surface area contributed by atoms with E-state index < -0.39 is 0 Å². The minimum Gasteiger partial charge on any atom is -0.490 e. The second-order valence-corrected chi connectivity index (χ2v) is 11.1. The normalized spacial score (nSPS) is 13.0. The lowest BCUT2D eigenvalue weighted by atomic mass is 9.96. The molecule has 44 heavy (non-hydrogen) atoms. The zero-order chi connectivity index (χ0) is 30.9. The van der Waals surface area contributed by atoms with Gasteiger partial charge >= 0.3 is 0 Å². The van der Waals surface area contributed by atoms with Crippen molar-refractivity contribution in [3.8, 4) is 34.4 Å². The number of ether oxygens (including phenoxy) is 3. The van der Waals surface area contributed by atoms with Gasteiger partial charge < -0.3 is 19.1 Å². The molecule has 4 aromatic rings. The number of rotatable bonds is 13. The van der Waals surface area contributed by atoms with Crippen LogP contribution in [0.1, 0.15) is 51.9 Å². The Morgan fingerprint density at radius 3 is 2.55 bits per heavy atom. The molecule has 226 valence electrons. The van der Waals surface area contributed by atoms with Gasteiger partial charge in [-0.05, 0) is 74.2 Å². The molecule has 0 saturated carbocycles. The predicted octanol–water partition coefficient (Wildman–Crippen LogP) is 7.56. The highest BCUT2D eigenvalue weighted by Gasteiger charge is 2.17. The van der Waals surface area contributed by atoms with E-state index in [-0.39, 0.29) is 41.1 Å². The number of aldehydes is 1. The summed E-state index contributed by atoms with van der Waals surface area (Å²) in [7, 11) is 0. The average Bonchev–Trinajstić information content (AvgIpc) is 3.57. The highest BCUT2D eigenvalue weighted by atomic mass is 35.5. The van der Waals surface area contributed by atoms with Crippen molar-refractivity contribution in [3.63, 3.8) is 0 Å². The Hall–Kier alpha value is -4.45. The van der Waals surface area contributed by atoms with E-state index in [4.69, 9.17) is 31.1 Å². The minimum absolute atomic E-state index is 0.0956. The number of likely N-dealkylation sites (tertiary alicyclic amines) is 1. The summed E-state index contributed by atoms with van der Waals surface area (Å²) in [5.74, 6) is 0.470. The molecule has 1 aromatic heterocycles. The Morgan fingerprint density at radius 1 is 0.977 bits per heavy atom. The van der Waals surface area contributed by atoms with Crippen molar-refractivity contribution in [2.24, 2.45) is 0 Å². The molecule has 0 spiro atoms. The first-order chi connectivity index (χ1) is 21.5. The molecule has 1 aliphatic rings. The van der Waals surface area contributed by atoms with Crippen molar-refractivity contribution < 1.29 is 23.4 Å². The van der Waals surface area contributed by atoms with Crippen molar-refractivity contribution in [3.05, 3.63) is 106 Å². The SMILES string of the molecule is Cc1c(COc2cc(OCc3cncc(C#N)c3)c(C=O)cc2Cl)cccc1-c1cccc(OCCCN2CCCC2)c1F. The smallest absolute Gasteiger partial charge is 0.172 e. The fourth-order valence-electron chi connectivity index (χ4n) is 5.26. The van der Waals surface area contributed by atoms with Crippen molar-refractivity contribution in [1.82, 2.24) is 9.88 Å². The lowest BCUT2D eigenvalue weighted by Crippen LogP contribution is -2.22. The number of carbonyl (C=O) groups excluding carboxylic acids is 1. The summed E-state index contributed by atoms with van der Waals surface area (Å²) in [6, 6.07) is 17.6. The number of nitriles is 1. The van der Waals surface area contributed by atoms with Crippen LogP contribution in [0.5, 0.6) is 17.2 Å². The van der Waals surface area contributed by atoms with E-state index in [9.17, 15) is 4.79 Å². The molecule has 0 atom stereocenters. The molecule has 3 aromatic carbocycles. The largest absolute Gasteiger partial charge is 0.490 e. The van der Waals surface area contributed by atoms with Crippen LogP contribution in [-0.4, -0.2) is 42.4 Å². The maximum Gasteiger partial charge on any atom is 0.172 e. The quantitative estimate of drug-likeness (QED) is 0.114. The highest BCUT2D eigenvalue weighted by molar-refractivity contribution is 6.32. The maximum atomic E-state index is 15.6. The summed E-state index contributed by atoms with van der Waals surface area (Å²) in [6.45, 7) is 5.86. The Bertz CT molecular complexity index is 1670. The first-order valence-electron chi connectivity index (χ1n) is 14.6. The van der Waals surface area contributed by atoms with Crippen LogP contribution >= 0.6 is 11.6 Å². The summed E-state index contributed by atoms with van der Waals surface area (Å²) >= 11 is 6.45. The molecule has 5 rings (SSSR count). The number of benzene rings is 3. The third-order valence-electron chi connectivity index (χ3n) is 7.67. The lowest BCUT2D eigenvalue weighted by molar-refractivity contribution is 0.111. The van der Waals surface area contributed by atoms with Crippen LogP contribution in [0.15, 0.2) is 67.0 Å². The van der Waals surface area contributed by atoms with E-state index in [1.54, 1.807) is 36.5 Å². The van der Waals surface area contributed by atoms with Crippen molar-refractivity contribution in [2.45, 2.75) is 39.4 Å². The summed E-state index contributed by atoms with van der Waals surface area (Å²) in [4.78, 5) is 18.2. The molecule has 9 heteroatoms. The Balaban J connectivity index is 1.28. The Kier molecular flexibility index (Phi) is 10.4. The van der Waals surface area contributed by atoms with E-state index >= 15 is 4.39 Å². The molecule has 1 aliphatic heterocycles. The maximum absolute atomic E-state index is 15.6. The van der Waals surface area contributed by atoms with E-state index in [1.165, 1.54) is 25.1 Å². The van der Waals surface area contributed by atoms with Gasteiger partial charge in [-0.1, -0.05) is 41.9 Å². The molecule has 1 saturated heterocycles. The summed E-state index contributed by atoms with van der Waals surface area (Å²) in [5, 5.41) is 9.37. The zero-order valence-electron chi connectivity index (χ0n) is 24.5. The fraction of sp³-hybridized carbons (Fsp3) is 0.286. The van der Waals surface area contributed by atoms with Gasteiger partial charge in [-0.3, -0.25) is 9.78 Å². The summed E-state index contributed by atoms with van der Waals surface area (Å²) in [6.07, 6.45) is 7.04. The number of hydrogen-bond donors (Lipinski definition) is 0. The molecular weight excluding hydrogens is 581 g/mol. The molecule has 1 fully saturated rings. The molecule has 0 N–H and O–H groups in total. The Labute approximate surface area is 261 Å². The molecule has 7 nitrogen and oxygen atoms in total. The second-order valence-electron chi connectivity index (χ2n) is 10.7. The molecule has 0 unspecified atom stereocenters. The Morgan fingerprint density at radius 2 is 1.75 bits per heavy atom. The van der Waals surface area contributed by atoms with Crippen LogP contribution in [-0.2, 0) is 13.2 Å². The minimum atomic E-state index is -0.389. The van der Waals surface area contributed by atoms with Crippen LogP contribution in [0.3, 0.4) is 0 Å². The third-order valence-corrected chi connectivity index (χ3v) is 7.96. The number of hydrogen-bond acceptors (Lipinski definition) is 7. The molecule has 0 radical (unpaired) electrons. The number of halogens is 2. The van der Waals surface area contributed by atoms with Crippen molar-refractivity contribution in [1.29, 1.82) is 5.26 Å². The fourth-order valence-corrected chi connectivity index (χ4v) is 5.49. The van der Waals surface area contributed by atoms with E-state index in [1.807, 2.05) is 31.2 Å². The number of nitrogens with zero attached hydrogens (tertiary/aromatic N) is 3. The van der Waals surface area contributed by atoms with Crippen LogP contribution < -0.4 is 14.2 Å². The first-order valence-corrected chi connectivity index (χ1v) is 15.0. The lowest BCUT2D eigenvalue weighted by Gasteiger charge is -2.17. The van der Waals surface area contributed by atoms with Crippen LogP contribution in [0.25, 0.3) is 11.1 Å². The monoisotopic (exact) mass is 613 g/mol. The van der Waals surface area contributed by atoms with Gasteiger partial charge in [-0.15, -0.1) is 0 Å². The van der Waals surface area contributed by atoms with E-state index in [0.29, 0.717) is 35.3 Å². The van der Waals surface area contributed by atoms with Gasteiger partial charge in [-0.2, -0.15) is 5.26 Å². The van der Waals surface area contributed by atoms with Gasteiger partial charge in [0.25, 0.3) is 0 Å². The standard InChI is InChI=1S/C35H33ClFN3O4/c1-24-27(7-4-8-29(24)30-9-5-10-32(35(30)37)42-14-6-13-40-11-2-3-12-40)23-44-34-17-33(28(21-41)16-31(34)36)43-22-26-15-25(18-38)19-39-20-26/h4-5,7-10,15-17,19-21H,2-3,6,11-14,22-23H2,1H3. The number of aromatic nitrogens is 1. The van der Waals surface area contributed by atoms with Gasteiger partial charge in [-0.25, -0.2) is 4.39 Å². The molecule has 0 bridgehead atoms. The number of pyridine rings is 1. The first kappa shape index (κ1) is 31.0. The van der Waals surface area contributed by atoms with Crippen molar-refractivity contribution >= 4 is 17.9 Å². The average molecular weight is 614 g/mol. The molecule has 0 aliphatic carbocycles. The molecule has 2 heterocycles. The van der Waals surface area contributed by atoms with Crippen molar-refractivity contribution in [2.75, 3.05) is 26.2 Å². The highest BCUT2D eigenvalue weighted by Crippen LogP contribution is 2.35. The topological polar surface area (TPSA) is 84.7 Å². The van der Waals surface area contributed by atoms with E-state index in [0.717, 1.165) is 42.7 Å². The zero-order valence-corrected chi connectivity index (χ0v) is 25.3. The van der Waals surface area contributed by atoms with Gasteiger partial charge in [0, 0.05) is 36.1 Å². The number of carbonyl (C=O) groups is 1. The summed E-state index contributed by atoms with van der Waals surface area (Å²) in [5.41, 5.74) is 4.25. The van der Waals surface area contributed by atoms with Crippen LogP contribution in [0.4, 0.5) is 4.39 Å². The van der Waals surface area contributed by atoms with Gasteiger partial charge in [0.1, 0.15) is 30.8 Å². The van der Waals surface area contributed by atoms with Gasteiger partial charge in [0.05, 0.1) is 22.8 Å².